The molecule has 8 heteroatoms. The van der Waals surface area contributed by atoms with Gasteiger partial charge in [0.25, 0.3) is 5.91 Å². The minimum absolute atomic E-state index is 0.198. The molecule has 0 radical (unpaired) electrons. The number of nitrogens with one attached hydrogen (secondary N) is 2. The summed E-state index contributed by atoms with van der Waals surface area (Å²) in [5.74, 6) is -0.882. The molecule has 5 rings (SSSR count). The second kappa shape index (κ2) is 3.08. The van der Waals surface area contributed by atoms with Gasteiger partial charge in [-0.3, -0.25) is 19.5 Å². The molecule has 0 unspecified atom stereocenters. The summed E-state index contributed by atoms with van der Waals surface area (Å²) >= 11 is 0. The minimum atomic E-state index is -0.984. The fourth-order valence-corrected chi connectivity index (χ4v) is 2.99. The van der Waals surface area contributed by atoms with Gasteiger partial charge in [-0.25, -0.2) is 14.8 Å². The molecule has 96 valence electrons. The van der Waals surface area contributed by atoms with Crippen LogP contribution < -0.4 is 11.0 Å². The van der Waals surface area contributed by atoms with Crippen molar-refractivity contribution in [1.82, 2.24) is 24.8 Å². The SMILES string of the molecule is O=C1NC(=O)C2(n3c(=O)[nH]c4cncnc43)CC1C2. The van der Waals surface area contributed by atoms with Crippen molar-refractivity contribution in [3.05, 3.63) is 23.0 Å². The van der Waals surface area contributed by atoms with E-state index < -0.39 is 17.1 Å². The topological polar surface area (TPSA) is 110 Å². The first kappa shape index (κ1) is 10.4. The number of hydrogen-bond acceptors (Lipinski definition) is 5. The van der Waals surface area contributed by atoms with Crippen LogP contribution in [0.5, 0.6) is 0 Å². The van der Waals surface area contributed by atoms with Crippen LogP contribution in [0.25, 0.3) is 11.2 Å². The Morgan fingerprint density at radius 3 is 2.84 bits per heavy atom. The standard InChI is InChI=1S/C11H9N5O3/c17-8-5-1-11(2-5,9(18)15-8)16-7-6(14-10(16)19)3-12-4-13-7/h3-5H,1-2H2,(H,14,19)(H,15,17,18). The largest absolute Gasteiger partial charge is 0.328 e. The van der Waals surface area contributed by atoms with E-state index >= 15 is 0 Å². The van der Waals surface area contributed by atoms with Crippen molar-refractivity contribution in [2.24, 2.45) is 5.92 Å². The molecule has 2 aliphatic heterocycles. The van der Waals surface area contributed by atoms with E-state index in [1.54, 1.807) is 0 Å². The second-order valence-electron chi connectivity index (χ2n) is 4.98. The van der Waals surface area contributed by atoms with E-state index in [1.165, 1.54) is 17.1 Å². The van der Waals surface area contributed by atoms with Gasteiger partial charge >= 0.3 is 5.69 Å². The van der Waals surface area contributed by atoms with Crippen LogP contribution in [0, 0.1) is 5.92 Å². The third-order valence-corrected chi connectivity index (χ3v) is 3.97. The number of rotatable bonds is 1. The molecule has 4 heterocycles. The Kier molecular flexibility index (Phi) is 1.69. The molecule has 3 aliphatic rings. The number of H-pyrrole nitrogens is 1. The van der Waals surface area contributed by atoms with Crippen molar-refractivity contribution in [3.8, 4) is 0 Å². The molecule has 0 atom stereocenters. The van der Waals surface area contributed by atoms with Crippen LogP contribution in [0.2, 0.25) is 0 Å². The number of imidazole rings is 1. The summed E-state index contributed by atoms with van der Waals surface area (Å²) in [5.41, 5.74) is -0.515. The summed E-state index contributed by atoms with van der Waals surface area (Å²) in [4.78, 5) is 46.1. The molecule has 3 fully saturated rings. The number of aromatic amines is 1. The highest BCUT2D eigenvalue weighted by atomic mass is 16.2. The molecule has 1 aliphatic carbocycles. The Morgan fingerprint density at radius 1 is 1.32 bits per heavy atom. The Morgan fingerprint density at radius 2 is 2.11 bits per heavy atom. The van der Waals surface area contributed by atoms with E-state index in [0.717, 1.165) is 0 Å². The van der Waals surface area contributed by atoms with Crippen LogP contribution in [0.15, 0.2) is 17.3 Å². The van der Waals surface area contributed by atoms with Crippen molar-refractivity contribution in [1.29, 1.82) is 0 Å². The van der Waals surface area contributed by atoms with Crippen molar-refractivity contribution in [2.75, 3.05) is 0 Å². The van der Waals surface area contributed by atoms with Gasteiger partial charge in [-0.2, -0.15) is 0 Å². The van der Waals surface area contributed by atoms with Crippen LogP contribution in [-0.2, 0) is 15.1 Å². The highest BCUT2D eigenvalue weighted by Gasteiger charge is 2.60. The number of imide groups is 1. The molecule has 2 amide bonds. The monoisotopic (exact) mass is 259 g/mol. The first-order valence-corrected chi connectivity index (χ1v) is 5.88. The van der Waals surface area contributed by atoms with Gasteiger partial charge in [0.05, 0.1) is 6.20 Å². The number of amides is 2. The number of piperidine rings is 2. The maximum absolute atomic E-state index is 12.1. The van der Waals surface area contributed by atoms with Crippen molar-refractivity contribution < 1.29 is 9.59 Å². The molecule has 2 bridgehead atoms. The number of carbonyl (C=O) groups excluding carboxylic acids is 2. The summed E-state index contributed by atoms with van der Waals surface area (Å²) in [6.07, 6.45) is 3.52. The van der Waals surface area contributed by atoms with Gasteiger partial charge in [0.15, 0.2) is 5.65 Å². The van der Waals surface area contributed by atoms with Gasteiger partial charge in [-0.1, -0.05) is 0 Å². The molecular weight excluding hydrogens is 250 g/mol. The maximum Gasteiger partial charge on any atom is 0.328 e. The summed E-state index contributed by atoms with van der Waals surface area (Å²) in [6, 6.07) is 0. The number of aromatic nitrogens is 4. The van der Waals surface area contributed by atoms with E-state index in [1.807, 2.05) is 0 Å². The maximum atomic E-state index is 12.1. The zero-order valence-corrected chi connectivity index (χ0v) is 9.71. The minimum Gasteiger partial charge on any atom is -0.303 e. The molecule has 0 aromatic carbocycles. The highest BCUT2D eigenvalue weighted by Crippen LogP contribution is 2.47. The van der Waals surface area contributed by atoms with E-state index in [4.69, 9.17) is 0 Å². The van der Waals surface area contributed by atoms with Gasteiger partial charge in [-0.15, -0.1) is 0 Å². The van der Waals surface area contributed by atoms with Gasteiger partial charge in [0.2, 0.25) is 5.91 Å². The smallest absolute Gasteiger partial charge is 0.303 e. The first-order chi connectivity index (χ1) is 9.12. The predicted octanol–water partition coefficient (Wildman–Crippen LogP) is -1.12. The summed E-state index contributed by atoms with van der Waals surface area (Å²) in [7, 11) is 0. The lowest BCUT2D eigenvalue weighted by Gasteiger charge is -2.49. The molecule has 19 heavy (non-hydrogen) atoms. The lowest BCUT2D eigenvalue weighted by Crippen LogP contribution is -2.68. The number of fused-ring (bicyclic) bond motifs is 3. The van der Waals surface area contributed by atoms with Crippen LogP contribution >= 0.6 is 0 Å². The Hall–Kier alpha value is -2.51. The number of carbonyl (C=O) groups is 2. The zero-order valence-electron chi connectivity index (χ0n) is 9.71. The molecule has 8 nitrogen and oxygen atoms in total. The Bertz CT molecular complexity index is 783. The van der Waals surface area contributed by atoms with E-state index in [0.29, 0.717) is 24.0 Å². The van der Waals surface area contributed by atoms with E-state index in [2.05, 4.69) is 20.3 Å². The van der Waals surface area contributed by atoms with Crippen LogP contribution in [0.3, 0.4) is 0 Å². The predicted molar refractivity (Wildman–Crippen MR) is 62.0 cm³/mol. The zero-order chi connectivity index (χ0) is 13.2. The molecule has 1 saturated carbocycles. The number of hydrogen-bond donors (Lipinski definition) is 2. The summed E-state index contributed by atoms with van der Waals surface area (Å²) in [6.45, 7) is 0. The highest BCUT2D eigenvalue weighted by molar-refractivity contribution is 6.06. The molecular formula is C11H9N5O3. The van der Waals surface area contributed by atoms with Crippen molar-refractivity contribution in [3.63, 3.8) is 0 Å². The van der Waals surface area contributed by atoms with Crippen LogP contribution in [0.4, 0.5) is 0 Å². The van der Waals surface area contributed by atoms with Gasteiger partial charge in [-0.05, 0) is 12.8 Å². The molecule has 2 saturated heterocycles. The lowest BCUT2D eigenvalue weighted by molar-refractivity contribution is -0.156. The fraction of sp³-hybridized carbons (Fsp3) is 0.364. The van der Waals surface area contributed by atoms with Crippen molar-refractivity contribution in [2.45, 2.75) is 18.4 Å². The quantitative estimate of drug-likeness (QED) is 0.630. The van der Waals surface area contributed by atoms with Gasteiger partial charge in [0.1, 0.15) is 17.4 Å². The molecule has 0 spiro atoms. The third kappa shape index (κ3) is 1.11. The second-order valence-corrected chi connectivity index (χ2v) is 4.98. The summed E-state index contributed by atoms with van der Waals surface area (Å²) < 4.78 is 1.35. The lowest BCUT2D eigenvalue weighted by atomic mass is 9.64. The van der Waals surface area contributed by atoms with E-state index in [9.17, 15) is 14.4 Å². The first-order valence-electron chi connectivity index (χ1n) is 5.88. The van der Waals surface area contributed by atoms with E-state index in [-0.39, 0.29) is 11.8 Å². The molecule has 2 N–H and O–H groups in total. The van der Waals surface area contributed by atoms with Crippen LogP contribution in [0.1, 0.15) is 12.8 Å². The van der Waals surface area contributed by atoms with Crippen LogP contribution in [-0.4, -0.2) is 31.3 Å². The number of nitrogens with zero attached hydrogens (tertiary/aromatic N) is 3. The summed E-state index contributed by atoms with van der Waals surface area (Å²) in [5, 5.41) is 2.30. The molecule has 2 aromatic rings. The fourth-order valence-electron chi connectivity index (χ4n) is 2.99. The van der Waals surface area contributed by atoms with Crippen molar-refractivity contribution >= 4 is 23.0 Å². The Balaban J connectivity index is 1.97. The normalized spacial score (nSPS) is 29.2. The average Bonchev–Trinajstić information content (AvgIpc) is 2.64. The Labute approximate surface area is 105 Å². The third-order valence-electron chi connectivity index (χ3n) is 3.97. The molecule has 2 aromatic heterocycles. The average molecular weight is 259 g/mol. The van der Waals surface area contributed by atoms with Gasteiger partial charge in [0, 0.05) is 5.92 Å². The van der Waals surface area contributed by atoms with Gasteiger partial charge < -0.3 is 4.98 Å².